The van der Waals surface area contributed by atoms with E-state index in [0.29, 0.717) is 13.1 Å². The Labute approximate surface area is 119 Å². The topological polar surface area (TPSA) is 54.5 Å². The summed E-state index contributed by atoms with van der Waals surface area (Å²) in [4.78, 5) is 11.4. The predicted molar refractivity (Wildman–Crippen MR) is 82.4 cm³/mol. The van der Waals surface area contributed by atoms with Gasteiger partial charge in [0.25, 0.3) is 0 Å². The van der Waals surface area contributed by atoms with Crippen LogP contribution in [0.2, 0.25) is 0 Å². The number of anilines is 1. The van der Waals surface area contributed by atoms with Gasteiger partial charge in [0, 0.05) is 31.0 Å². The van der Waals surface area contributed by atoms with Gasteiger partial charge in [-0.15, -0.1) is 0 Å². The second kappa shape index (κ2) is 5.43. The molecule has 0 saturated carbocycles. The molecule has 0 amide bonds. The number of para-hydroxylation sites is 1. The molecule has 102 valence electrons. The lowest BCUT2D eigenvalue weighted by Crippen LogP contribution is -2.39. The lowest BCUT2D eigenvalue weighted by molar-refractivity contribution is 0.653. The van der Waals surface area contributed by atoms with Gasteiger partial charge in [0.15, 0.2) is 0 Å². The van der Waals surface area contributed by atoms with Crippen molar-refractivity contribution in [1.82, 2.24) is 4.98 Å². The van der Waals surface area contributed by atoms with E-state index in [2.05, 4.69) is 29.1 Å². The van der Waals surface area contributed by atoms with Gasteiger partial charge in [-0.1, -0.05) is 24.3 Å². The molecular weight excluding hydrogens is 248 g/mol. The maximum Gasteiger partial charge on any atom is 0.0924 e. The third kappa shape index (κ3) is 2.18. The van der Waals surface area contributed by atoms with Crippen LogP contribution < -0.4 is 10.6 Å². The molecule has 0 aliphatic carbocycles. The third-order valence-electron chi connectivity index (χ3n) is 3.73. The van der Waals surface area contributed by atoms with E-state index in [4.69, 9.17) is 10.7 Å². The Balaban J connectivity index is 2.15. The van der Waals surface area contributed by atoms with Crippen molar-refractivity contribution in [3.05, 3.63) is 59.9 Å². The van der Waals surface area contributed by atoms with Crippen LogP contribution in [-0.4, -0.2) is 36.9 Å². The van der Waals surface area contributed by atoms with Crippen LogP contribution in [0.3, 0.4) is 0 Å². The maximum atomic E-state index is 5.88. The van der Waals surface area contributed by atoms with Gasteiger partial charge >= 0.3 is 0 Å². The molecule has 1 unspecified atom stereocenters. The Morgan fingerprint density at radius 1 is 1.20 bits per heavy atom. The fourth-order valence-electron chi connectivity index (χ4n) is 2.54. The number of aliphatic imine (C=N–C) groups is 1. The zero-order chi connectivity index (χ0) is 13.9. The van der Waals surface area contributed by atoms with Crippen LogP contribution >= 0.6 is 0 Å². The van der Waals surface area contributed by atoms with Gasteiger partial charge in [-0.3, -0.25) is 9.98 Å². The highest BCUT2D eigenvalue weighted by atomic mass is 15.2. The van der Waals surface area contributed by atoms with Gasteiger partial charge < -0.3 is 10.6 Å². The van der Waals surface area contributed by atoms with Gasteiger partial charge in [0.2, 0.25) is 0 Å². The number of pyridine rings is 1. The maximum absolute atomic E-state index is 5.88. The Morgan fingerprint density at radius 2 is 2.00 bits per heavy atom. The number of hydrogen-bond donors (Lipinski definition) is 1. The van der Waals surface area contributed by atoms with E-state index in [-0.39, 0.29) is 6.04 Å². The van der Waals surface area contributed by atoms with E-state index in [0.717, 1.165) is 22.7 Å². The summed E-state index contributed by atoms with van der Waals surface area (Å²) in [5.74, 6) is 0. The first-order valence-electron chi connectivity index (χ1n) is 6.79. The average Bonchev–Trinajstić information content (AvgIpc) is 2.65. The number of nitrogens with two attached hydrogens (primary N) is 1. The number of aromatic nitrogens is 1. The van der Waals surface area contributed by atoms with E-state index < -0.39 is 0 Å². The van der Waals surface area contributed by atoms with E-state index in [1.54, 1.807) is 6.20 Å². The van der Waals surface area contributed by atoms with Crippen molar-refractivity contribution in [3.63, 3.8) is 0 Å². The molecule has 1 aliphatic rings. The smallest absolute Gasteiger partial charge is 0.0924 e. The molecule has 1 atom stereocenters. The van der Waals surface area contributed by atoms with E-state index >= 15 is 0 Å². The first-order valence-corrected chi connectivity index (χ1v) is 6.79. The van der Waals surface area contributed by atoms with Crippen molar-refractivity contribution in [3.8, 4) is 0 Å². The molecule has 2 N–H and O–H groups in total. The highest BCUT2D eigenvalue weighted by Crippen LogP contribution is 2.26. The van der Waals surface area contributed by atoms with Gasteiger partial charge in [0.05, 0.1) is 24.0 Å². The molecule has 4 nitrogen and oxygen atoms in total. The summed E-state index contributed by atoms with van der Waals surface area (Å²) in [6.45, 7) is 1.28. The summed E-state index contributed by atoms with van der Waals surface area (Å²) in [5, 5.41) is 0. The van der Waals surface area contributed by atoms with Crippen LogP contribution in [-0.2, 0) is 0 Å². The normalized spacial score (nSPS) is 18.2. The van der Waals surface area contributed by atoms with Crippen LogP contribution in [0.1, 0.15) is 11.3 Å². The lowest BCUT2D eigenvalue weighted by Gasteiger charge is -2.27. The molecule has 4 heteroatoms. The Bertz CT molecular complexity index is 621. The number of benzodiazepines with no additional fused rings is 1. The SMILES string of the molecule is CN1c2ccccc2C(c2ccccn2)=NCC1CN. The summed E-state index contributed by atoms with van der Waals surface area (Å²) in [7, 11) is 2.08. The molecule has 0 saturated heterocycles. The zero-order valence-corrected chi connectivity index (χ0v) is 11.5. The second-order valence-corrected chi connectivity index (χ2v) is 4.92. The first-order chi connectivity index (χ1) is 9.81. The number of nitrogens with zero attached hydrogens (tertiary/aromatic N) is 3. The minimum atomic E-state index is 0.220. The molecule has 0 radical (unpaired) electrons. The van der Waals surface area contributed by atoms with Gasteiger partial charge in [-0.05, 0) is 18.2 Å². The molecular formula is C16H18N4. The van der Waals surface area contributed by atoms with Crippen LogP contribution in [0.4, 0.5) is 5.69 Å². The summed E-state index contributed by atoms with van der Waals surface area (Å²) in [6.07, 6.45) is 1.80. The highest BCUT2D eigenvalue weighted by molar-refractivity contribution is 6.15. The summed E-state index contributed by atoms with van der Waals surface area (Å²) >= 11 is 0. The summed E-state index contributed by atoms with van der Waals surface area (Å²) in [6, 6.07) is 14.4. The minimum Gasteiger partial charge on any atom is -0.368 e. The molecule has 0 spiro atoms. The molecule has 2 aromatic rings. The van der Waals surface area contributed by atoms with Crippen molar-refractivity contribution < 1.29 is 0 Å². The zero-order valence-electron chi connectivity index (χ0n) is 11.5. The van der Waals surface area contributed by atoms with Crippen LogP contribution in [0, 0.1) is 0 Å². The van der Waals surface area contributed by atoms with Crippen molar-refractivity contribution >= 4 is 11.4 Å². The summed E-state index contributed by atoms with van der Waals surface area (Å²) in [5.41, 5.74) is 10.0. The molecule has 1 aromatic carbocycles. The monoisotopic (exact) mass is 266 g/mol. The van der Waals surface area contributed by atoms with Crippen LogP contribution in [0.5, 0.6) is 0 Å². The van der Waals surface area contributed by atoms with Crippen LogP contribution in [0.25, 0.3) is 0 Å². The minimum absolute atomic E-state index is 0.220. The van der Waals surface area contributed by atoms with Gasteiger partial charge in [-0.2, -0.15) is 0 Å². The molecule has 1 aliphatic heterocycles. The third-order valence-corrected chi connectivity index (χ3v) is 3.73. The highest BCUT2D eigenvalue weighted by Gasteiger charge is 2.23. The van der Waals surface area contributed by atoms with Crippen molar-refractivity contribution in [2.24, 2.45) is 10.7 Å². The standard InChI is InChI=1S/C16H18N4/c1-20-12(10-17)11-19-16(14-7-4-5-9-18-14)13-6-2-3-8-15(13)20/h2-9,12H,10-11,17H2,1H3. The first kappa shape index (κ1) is 12.8. The lowest BCUT2D eigenvalue weighted by atomic mass is 10.0. The molecule has 1 aromatic heterocycles. The Hall–Kier alpha value is -2.20. The largest absolute Gasteiger partial charge is 0.368 e. The molecule has 3 rings (SSSR count). The van der Waals surface area contributed by atoms with E-state index in [1.165, 1.54) is 0 Å². The second-order valence-electron chi connectivity index (χ2n) is 4.92. The van der Waals surface area contributed by atoms with E-state index in [1.807, 2.05) is 30.3 Å². The molecule has 2 heterocycles. The number of hydrogen-bond acceptors (Lipinski definition) is 4. The Kier molecular flexibility index (Phi) is 3.48. The quantitative estimate of drug-likeness (QED) is 0.900. The van der Waals surface area contributed by atoms with Crippen molar-refractivity contribution in [1.29, 1.82) is 0 Å². The molecule has 0 fully saturated rings. The number of fused-ring (bicyclic) bond motifs is 1. The van der Waals surface area contributed by atoms with Gasteiger partial charge in [0.1, 0.15) is 0 Å². The fraction of sp³-hybridized carbons (Fsp3) is 0.250. The number of rotatable bonds is 2. The predicted octanol–water partition coefficient (Wildman–Crippen LogP) is 1.70. The number of likely N-dealkylation sites (N-methyl/N-ethyl adjacent to an activating group) is 1. The fourth-order valence-corrected chi connectivity index (χ4v) is 2.54. The van der Waals surface area contributed by atoms with Crippen molar-refractivity contribution in [2.45, 2.75) is 6.04 Å². The van der Waals surface area contributed by atoms with Crippen molar-refractivity contribution in [2.75, 3.05) is 25.0 Å². The van der Waals surface area contributed by atoms with Crippen LogP contribution in [0.15, 0.2) is 53.7 Å². The summed E-state index contributed by atoms with van der Waals surface area (Å²) < 4.78 is 0. The van der Waals surface area contributed by atoms with E-state index in [9.17, 15) is 0 Å². The molecule has 0 bridgehead atoms. The molecule has 20 heavy (non-hydrogen) atoms. The van der Waals surface area contributed by atoms with Gasteiger partial charge in [-0.25, -0.2) is 0 Å². The number of benzene rings is 1. The Morgan fingerprint density at radius 3 is 2.75 bits per heavy atom. The average molecular weight is 266 g/mol.